The van der Waals surface area contributed by atoms with Crippen molar-refractivity contribution in [2.75, 3.05) is 0 Å². The Morgan fingerprint density at radius 3 is 2.61 bits per heavy atom. The molecule has 0 atom stereocenters. The molecule has 0 saturated heterocycles. The van der Waals surface area contributed by atoms with Crippen LogP contribution in [0.3, 0.4) is 0 Å². The predicted octanol–water partition coefficient (Wildman–Crippen LogP) is 5.01. The number of carbonyl (C=O) groups is 1. The van der Waals surface area contributed by atoms with Gasteiger partial charge in [-0.05, 0) is 35.7 Å². The Morgan fingerprint density at radius 2 is 1.87 bits per heavy atom. The van der Waals surface area contributed by atoms with Crippen LogP contribution >= 0.6 is 23.2 Å². The lowest BCUT2D eigenvalue weighted by molar-refractivity contribution is -0.136. The van der Waals surface area contributed by atoms with E-state index in [1.54, 1.807) is 6.07 Å². The summed E-state index contributed by atoms with van der Waals surface area (Å²) in [6, 6.07) is 13.6. The van der Waals surface area contributed by atoms with Gasteiger partial charge in [0.1, 0.15) is 0 Å². The lowest BCUT2D eigenvalue weighted by Crippen LogP contribution is -1.99. The van der Waals surface area contributed by atoms with Crippen molar-refractivity contribution in [2.45, 2.75) is 19.4 Å². The number of aliphatic carboxylic acids is 1. The topological polar surface area (TPSA) is 42.2 Å². The van der Waals surface area contributed by atoms with E-state index < -0.39 is 5.97 Å². The minimum Gasteiger partial charge on any atom is -0.481 e. The van der Waals surface area contributed by atoms with Gasteiger partial charge in [-0.15, -0.1) is 0 Å². The molecular formula is C18H15Cl2NO2. The minimum absolute atomic E-state index is 0.126. The molecule has 2 aromatic carbocycles. The number of rotatable bonds is 5. The molecule has 3 rings (SSSR count). The summed E-state index contributed by atoms with van der Waals surface area (Å²) in [6.45, 7) is 0.657. The van der Waals surface area contributed by atoms with Crippen molar-refractivity contribution in [3.63, 3.8) is 0 Å². The molecule has 0 aliphatic rings. The highest BCUT2D eigenvalue weighted by Crippen LogP contribution is 2.26. The Labute approximate surface area is 144 Å². The number of carboxylic acid groups (broad SMARTS) is 1. The Hall–Kier alpha value is -1.97. The summed E-state index contributed by atoms with van der Waals surface area (Å²) >= 11 is 12.0. The van der Waals surface area contributed by atoms with E-state index in [1.807, 2.05) is 42.6 Å². The normalized spacial score (nSPS) is 11.0. The summed E-state index contributed by atoms with van der Waals surface area (Å²) in [5.74, 6) is -0.786. The van der Waals surface area contributed by atoms with Gasteiger partial charge >= 0.3 is 5.97 Å². The molecule has 118 valence electrons. The van der Waals surface area contributed by atoms with Crippen molar-refractivity contribution >= 4 is 40.1 Å². The average Bonchev–Trinajstić information content (AvgIpc) is 2.87. The second-order valence-corrected chi connectivity index (χ2v) is 6.26. The van der Waals surface area contributed by atoms with Gasteiger partial charge in [-0.2, -0.15) is 0 Å². The molecule has 0 bridgehead atoms. The third kappa shape index (κ3) is 3.52. The van der Waals surface area contributed by atoms with E-state index in [9.17, 15) is 4.79 Å². The number of carboxylic acids is 1. The molecule has 0 saturated carbocycles. The van der Waals surface area contributed by atoms with Gasteiger partial charge in [-0.1, -0.05) is 47.5 Å². The van der Waals surface area contributed by atoms with E-state index in [2.05, 4.69) is 4.57 Å². The number of hydrogen-bond acceptors (Lipinski definition) is 1. The number of aromatic nitrogens is 1. The minimum atomic E-state index is -0.786. The summed E-state index contributed by atoms with van der Waals surface area (Å²) in [6.07, 6.45) is 2.67. The van der Waals surface area contributed by atoms with Crippen molar-refractivity contribution in [3.05, 3.63) is 69.8 Å². The highest BCUT2D eigenvalue weighted by atomic mass is 35.5. The van der Waals surface area contributed by atoms with Gasteiger partial charge in [0.15, 0.2) is 0 Å². The van der Waals surface area contributed by atoms with Gasteiger partial charge in [0.25, 0.3) is 0 Å². The fourth-order valence-corrected chi connectivity index (χ4v) is 3.05. The zero-order valence-electron chi connectivity index (χ0n) is 12.3. The highest BCUT2D eigenvalue weighted by Gasteiger charge is 2.10. The molecule has 1 heterocycles. The van der Waals surface area contributed by atoms with Crippen LogP contribution < -0.4 is 0 Å². The second-order valence-electron chi connectivity index (χ2n) is 5.44. The molecule has 0 radical (unpaired) electrons. The maximum Gasteiger partial charge on any atom is 0.303 e. The molecule has 0 unspecified atom stereocenters. The van der Waals surface area contributed by atoms with Gasteiger partial charge in [-0.25, -0.2) is 0 Å². The van der Waals surface area contributed by atoms with Crippen molar-refractivity contribution < 1.29 is 9.90 Å². The Kier molecular flexibility index (Phi) is 4.60. The molecule has 3 aromatic rings. The highest BCUT2D eigenvalue weighted by molar-refractivity contribution is 6.42. The van der Waals surface area contributed by atoms with Crippen LogP contribution in [-0.2, 0) is 17.8 Å². The fourth-order valence-electron chi connectivity index (χ4n) is 2.73. The zero-order chi connectivity index (χ0) is 16.4. The SMILES string of the molecule is O=C(O)CCc1cn(Cc2ccc(Cl)c(Cl)c2)c2ccccc12. The van der Waals surface area contributed by atoms with Gasteiger partial charge in [0.2, 0.25) is 0 Å². The van der Waals surface area contributed by atoms with Gasteiger partial charge in [-0.3, -0.25) is 4.79 Å². The quantitative estimate of drug-likeness (QED) is 0.704. The molecule has 1 aromatic heterocycles. The second kappa shape index (κ2) is 6.65. The molecule has 0 spiro atoms. The average molecular weight is 348 g/mol. The van der Waals surface area contributed by atoms with E-state index in [4.69, 9.17) is 28.3 Å². The van der Waals surface area contributed by atoms with Gasteiger partial charge < -0.3 is 9.67 Å². The summed E-state index contributed by atoms with van der Waals surface area (Å²) in [5.41, 5.74) is 3.17. The largest absolute Gasteiger partial charge is 0.481 e. The van der Waals surface area contributed by atoms with Crippen LogP contribution in [0.2, 0.25) is 10.0 Å². The summed E-state index contributed by atoms with van der Waals surface area (Å²) < 4.78 is 2.12. The van der Waals surface area contributed by atoms with Gasteiger partial charge in [0, 0.05) is 30.1 Å². The van der Waals surface area contributed by atoms with Crippen LogP contribution in [0.4, 0.5) is 0 Å². The van der Waals surface area contributed by atoms with E-state index in [-0.39, 0.29) is 6.42 Å². The molecule has 5 heteroatoms. The lowest BCUT2D eigenvalue weighted by atomic mass is 10.1. The van der Waals surface area contributed by atoms with Crippen LogP contribution in [0.1, 0.15) is 17.5 Å². The zero-order valence-corrected chi connectivity index (χ0v) is 13.8. The first-order valence-electron chi connectivity index (χ1n) is 7.27. The first kappa shape index (κ1) is 15.9. The number of fused-ring (bicyclic) bond motifs is 1. The molecule has 1 N–H and O–H groups in total. The number of para-hydroxylation sites is 1. The molecule has 23 heavy (non-hydrogen) atoms. The Balaban J connectivity index is 1.96. The molecule has 0 aliphatic heterocycles. The summed E-state index contributed by atoms with van der Waals surface area (Å²) in [7, 11) is 0. The molecule has 3 nitrogen and oxygen atoms in total. The maximum absolute atomic E-state index is 10.8. The van der Waals surface area contributed by atoms with Crippen molar-refractivity contribution in [2.24, 2.45) is 0 Å². The van der Waals surface area contributed by atoms with Crippen LogP contribution in [0.25, 0.3) is 10.9 Å². The number of halogens is 2. The molecule has 0 fully saturated rings. The molecule has 0 amide bonds. The van der Waals surface area contributed by atoms with Crippen LogP contribution in [0.15, 0.2) is 48.7 Å². The van der Waals surface area contributed by atoms with Crippen molar-refractivity contribution in [1.82, 2.24) is 4.57 Å². The Morgan fingerprint density at radius 1 is 1.09 bits per heavy atom. The summed E-state index contributed by atoms with van der Waals surface area (Å²) in [5, 5.41) is 11.1. The summed E-state index contributed by atoms with van der Waals surface area (Å²) in [4.78, 5) is 10.8. The number of nitrogens with zero attached hydrogens (tertiary/aromatic N) is 1. The van der Waals surface area contributed by atoms with E-state index >= 15 is 0 Å². The standard InChI is InChI=1S/C18H15Cl2NO2/c19-15-7-5-12(9-16(15)20)10-21-11-13(6-8-18(22)23)14-3-1-2-4-17(14)21/h1-5,7,9,11H,6,8,10H2,(H,22,23). The number of hydrogen-bond donors (Lipinski definition) is 1. The van der Waals surface area contributed by atoms with Crippen LogP contribution in [0, 0.1) is 0 Å². The van der Waals surface area contributed by atoms with Crippen LogP contribution in [0.5, 0.6) is 0 Å². The number of benzene rings is 2. The Bertz CT molecular complexity index is 871. The fraction of sp³-hybridized carbons (Fsp3) is 0.167. The third-order valence-electron chi connectivity index (χ3n) is 3.82. The molecule has 0 aliphatic carbocycles. The molecular weight excluding hydrogens is 333 g/mol. The first-order chi connectivity index (χ1) is 11.0. The smallest absolute Gasteiger partial charge is 0.303 e. The van der Waals surface area contributed by atoms with Crippen molar-refractivity contribution in [1.29, 1.82) is 0 Å². The van der Waals surface area contributed by atoms with E-state index in [0.29, 0.717) is 23.0 Å². The monoisotopic (exact) mass is 347 g/mol. The van der Waals surface area contributed by atoms with E-state index in [1.165, 1.54) is 0 Å². The van der Waals surface area contributed by atoms with Crippen molar-refractivity contribution in [3.8, 4) is 0 Å². The van der Waals surface area contributed by atoms with Crippen LogP contribution in [-0.4, -0.2) is 15.6 Å². The maximum atomic E-state index is 10.8. The predicted molar refractivity (Wildman–Crippen MR) is 93.5 cm³/mol. The number of aryl methyl sites for hydroxylation is 1. The third-order valence-corrected chi connectivity index (χ3v) is 4.56. The first-order valence-corrected chi connectivity index (χ1v) is 8.02. The van der Waals surface area contributed by atoms with Gasteiger partial charge in [0.05, 0.1) is 10.0 Å². The lowest BCUT2D eigenvalue weighted by Gasteiger charge is -2.07. The van der Waals surface area contributed by atoms with E-state index in [0.717, 1.165) is 22.0 Å².